The Bertz CT molecular complexity index is 377. The molecule has 0 spiro atoms. The molecule has 0 aliphatic carbocycles. The van der Waals surface area contributed by atoms with Crippen molar-refractivity contribution in [1.29, 1.82) is 0 Å². The van der Waals surface area contributed by atoms with E-state index < -0.39 is 0 Å². The van der Waals surface area contributed by atoms with Crippen molar-refractivity contribution in [3.05, 3.63) is 36.0 Å². The van der Waals surface area contributed by atoms with Gasteiger partial charge in [-0.2, -0.15) is 0 Å². The summed E-state index contributed by atoms with van der Waals surface area (Å²) < 4.78 is 0. The van der Waals surface area contributed by atoms with Crippen molar-refractivity contribution in [2.75, 3.05) is 11.4 Å². The van der Waals surface area contributed by atoms with E-state index in [2.05, 4.69) is 24.5 Å². The molecule has 1 heterocycles. The highest BCUT2D eigenvalue weighted by Crippen LogP contribution is 2.33. The van der Waals surface area contributed by atoms with Gasteiger partial charge < -0.3 is 10.0 Å². The molecule has 1 unspecified atom stereocenters. The summed E-state index contributed by atoms with van der Waals surface area (Å²) in [6, 6.07) is 5.66. The smallest absolute Gasteiger partial charge is 0.117 e. The van der Waals surface area contributed by atoms with Gasteiger partial charge in [-0.05, 0) is 37.0 Å². The number of phenolic OH excluding ortho intramolecular Hbond substituents is 1. The summed E-state index contributed by atoms with van der Waals surface area (Å²) in [4.78, 5) is 2.19. The van der Waals surface area contributed by atoms with Gasteiger partial charge in [-0.25, -0.2) is 0 Å². The van der Waals surface area contributed by atoms with E-state index in [0.717, 1.165) is 29.9 Å². The van der Waals surface area contributed by atoms with Crippen LogP contribution in [0.4, 0.5) is 5.69 Å². The average molecular weight is 203 g/mol. The predicted molar refractivity (Wildman–Crippen MR) is 63.1 cm³/mol. The lowest BCUT2D eigenvalue weighted by molar-refractivity contribution is 0.475. The molecule has 0 amide bonds. The van der Waals surface area contributed by atoms with Crippen molar-refractivity contribution in [2.24, 2.45) is 5.92 Å². The van der Waals surface area contributed by atoms with Gasteiger partial charge in [-0.3, -0.25) is 0 Å². The molecule has 0 saturated carbocycles. The van der Waals surface area contributed by atoms with Crippen molar-refractivity contribution in [3.8, 4) is 5.75 Å². The zero-order valence-corrected chi connectivity index (χ0v) is 9.33. The third-order valence-electron chi connectivity index (χ3n) is 3.06. The fourth-order valence-corrected chi connectivity index (χ4v) is 2.09. The van der Waals surface area contributed by atoms with Crippen LogP contribution in [0.3, 0.4) is 0 Å². The quantitative estimate of drug-likeness (QED) is 0.758. The van der Waals surface area contributed by atoms with E-state index in [1.165, 1.54) is 0 Å². The first kappa shape index (κ1) is 10.1. The Morgan fingerprint density at radius 3 is 2.67 bits per heavy atom. The van der Waals surface area contributed by atoms with Crippen LogP contribution < -0.4 is 4.90 Å². The molecule has 2 nitrogen and oxygen atoms in total. The number of aromatic hydroxyl groups is 1. The Labute approximate surface area is 90.8 Å². The van der Waals surface area contributed by atoms with Gasteiger partial charge in [0.1, 0.15) is 5.75 Å². The third kappa shape index (κ3) is 1.84. The van der Waals surface area contributed by atoms with Crippen LogP contribution in [0, 0.1) is 12.8 Å². The molecule has 1 atom stereocenters. The summed E-state index contributed by atoms with van der Waals surface area (Å²) in [5, 5.41) is 9.55. The van der Waals surface area contributed by atoms with Crippen LogP contribution in [-0.4, -0.2) is 11.7 Å². The minimum absolute atomic E-state index is 0.331. The second-order valence-electron chi connectivity index (χ2n) is 4.36. The van der Waals surface area contributed by atoms with E-state index >= 15 is 0 Å². The van der Waals surface area contributed by atoms with Crippen molar-refractivity contribution in [2.45, 2.75) is 20.3 Å². The Balaban J connectivity index is 2.34. The Morgan fingerprint density at radius 1 is 1.40 bits per heavy atom. The van der Waals surface area contributed by atoms with Crippen molar-refractivity contribution in [3.63, 3.8) is 0 Å². The second kappa shape index (κ2) is 3.61. The molecule has 0 radical (unpaired) electrons. The maximum absolute atomic E-state index is 9.55. The van der Waals surface area contributed by atoms with Gasteiger partial charge in [0.2, 0.25) is 0 Å². The summed E-state index contributed by atoms with van der Waals surface area (Å²) in [6.45, 7) is 9.28. The Kier molecular flexibility index (Phi) is 2.43. The third-order valence-corrected chi connectivity index (χ3v) is 3.06. The van der Waals surface area contributed by atoms with Crippen LogP contribution in [-0.2, 0) is 0 Å². The molecule has 1 saturated heterocycles. The number of phenols is 1. The monoisotopic (exact) mass is 203 g/mol. The molecule has 1 N–H and O–H groups in total. The number of aryl methyl sites for hydroxylation is 1. The fraction of sp³-hybridized carbons (Fsp3) is 0.385. The molecular formula is C13H17NO. The second-order valence-corrected chi connectivity index (χ2v) is 4.36. The van der Waals surface area contributed by atoms with Crippen LogP contribution in [0.2, 0.25) is 0 Å². The van der Waals surface area contributed by atoms with Crippen LogP contribution >= 0.6 is 0 Å². The lowest BCUT2D eigenvalue weighted by Gasteiger charge is -2.21. The molecule has 1 fully saturated rings. The maximum atomic E-state index is 9.55. The maximum Gasteiger partial charge on any atom is 0.117 e. The van der Waals surface area contributed by atoms with E-state index in [4.69, 9.17) is 0 Å². The number of anilines is 1. The molecule has 1 aromatic carbocycles. The minimum Gasteiger partial charge on any atom is -0.508 e. The lowest BCUT2D eigenvalue weighted by atomic mass is 10.1. The Morgan fingerprint density at radius 2 is 2.13 bits per heavy atom. The van der Waals surface area contributed by atoms with Crippen LogP contribution in [0.25, 0.3) is 0 Å². The lowest BCUT2D eigenvalue weighted by Crippen LogP contribution is -2.16. The van der Waals surface area contributed by atoms with Crippen molar-refractivity contribution in [1.82, 2.24) is 0 Å². The molecule has 15 heavy (non-hydrogen) atoms. The van der Waals surface area contributed by atoms with Gasteiger partial charge >= 0.3 is 0 Å². The summed E-state index contributed by atoms with van der Waals surface area (Å²) in [5.41, 5.74) is 3.29. The zero-order valence-electron chi connectivity index (χ0n) is 9.33. The molecule has 0 bridgehead atoms. The van der Waals surface area contributed by atoms with E-state index in [0.29, 0.717) is 11.7 Å². The van der Waals surface area contributed by atoms with Gasteiger partial charge in [0.15, 0.2) is 0 Å². The molecule has 1 aromatic rings. The zero-order chi connectivity index (χ0) is 11.0. The number of hydrogen-bond donors (Lipinski definition) is 1. The largest absolute Gasteiger partial charge is 0.508 e. The molecule has 0 aromatic heterocycles. The topological polar surface area (TPSA) is 23.5 Å². The standard InChI is InChI=1S/C13H17NO/c1-9-6-12(8-13(15)7-9)14-5-4-10(2)11(14)3/h6-8,10,15H,3-5H2,1-2H3. The number of benzene rings is 1. The highest BCUT2D eigenvalue weighted by Gasteiger charge is 2.23. The van der Waals surface area contributed by atoms with Crippen molar-refractivity contribution < 1.29 is 5.11 Å². The highest BCUT2D eigenvalue weighted by molar-refractivity contribution is 5.58. The SMILES string of the molecule is C=C1C(C)CCN1c1cc(C)cc(O)c1. The molecular weight excluding hydrogens is 186 g/mol. The molecule has 1 aliphatic heterocycles. The van der Waals surface area contributed by atoms with Gasteiger partial charge in [-0.15, -0.1) is 0 Å². The molecule has 1 aliphatic rings. The summed E-state index contributed by atoms with van der Waals surface area (Å²) in [5.74, 6) is 0.880. The molecule has 2 heteroatoms. The van der Waals surface area contributed by atoms with Gasteiger partial charge in [-0.1, -0.05) is 13.5 Å². The first-order valence-electron chi connectivity index (χ1n) is 5.35. The van der Waals surface area contributed by atoms with Crippen molar-refractivity contribution >= 4 is 5.69 Å². The van der Waals surface area contributed by atoms with E-state index in [1.54, 1.807) is 12.1 Å². The number of hydrogen-bond acceptors (Lipinski definition) is 2. The number of allylic oxidation sites excluding steroid dienone is 1. The molecule has 2 rings (SSSR count). The van der Waals surface area contributed by atoms with E-state index in [-0.39, 0.29) is 0 Å². The van der Waals surface area contributed by atoms with Crippen LogP contribution in [0.1, 0.15) is 18.9 Å². The number of nitrogens with zero attached hydrogens (tertiary/aromatic N) is 1. The average Bonchev–Trinajstić information content (AvgIpc) is 2.46. The van der Waals surface area contributed by atoms with E-state index in [9.17, 15) is 5.11 Å². The minimum atomic E-state index is 0.331. The van der Waals surface area contributed by atoms with E-state index in [1.807, 2.05) is 6.92 Å². The predicted octanol–water partition coefficient (Wildman–Crippen LogP) is 3.06. The molecule has 80 valence electrons. The van der Waals surface area contributed by atoms with Crippen LogP contribution in [0.15, 0.2) is 30.5 Å². The van der Waals surface area contributed by atoms with Gasteiger partial charge in [0, 0.05) is 24.0 Å². The van der Waals surface area contributed by atoms with Crippen LogP contribution in [0.5, 0.6) is 5.75 Å². The number of rotatable bonds is 1. The highest BCUT2D eigenvalue weighted by atomic mass is 16.3. The normalized spacial score (nSPS) is 21.1. The first-order valence-corrected chi connectivity index (χ1v) is 5.35. The summed E-state index contributed by atoms with van der Waals surface area (Å²) in [6.07, 6.45) is 1.15. The van der Waals surface area contributed by atoms with Gasteiger partial charge in [0.25, 0.3) is 0 Å². The summed E-state index contributed by atoms with van der Waals surface area (Å²) >= 11 is 0. The fourth-order valence-electron chi connectivity index (χ4n) is 2.09. The summed E-state index contributed by atoms with van der Waals surface area (Å²) in [7, 11) is 0. The Hall–Kier alpha value is -1.44. The van der Waals surface area contributed by atoms with Gasteiger partial charge in [0.05, 0.1) is 0 Å². The first-order chi connectivity index (χ1) is 7.08.